The van der Waals surface area contributed by atoms with Gasteiger partial charge in [-0.25, -0.2) is 4.68 Å². The van der Waals surface area contributed by atoms with Gasteiger partial charge in [0.25, 0.3) is 0 Å². The molecule has 0 saturated carbocycles. The molecule has 0 radical (unpaired) electrons. The van der Waals surface area contributed by atoms with Gasteiger partial charge in [-0.05, 0) is 36.8 Å². The van der Waals surface area contributed by atoms with Gasteiger partial charge in [-0.3, -0.25) is 0 Å². The number of benzene rings is 2. The number of para-hydroxylation sites is 1. The maximum atomic E-state index is 5.32. The average Bonchev–Trinajstić information content (AvgIpc) is 3.25. The minimum atomic E-state index is 0.657. The van der Waals surface area contributed by atoms with E-state index in [2.05, 4.69) is 40.5 Å². The molecule has 25 heavy (non-hydrogen) atoms. The summed E-state index contributed by atoms with van der Waals surface area (Å²) >= 11 is 1.70. The first-order valence-electron chi connectivity index (χ1n) is 7.95. The number of ether oxygens (including phenoxy) is 1. The molecule has 5 heteroatoms. The van der Waals surface area contributed by atoms with Gasteiger partial charge in [-0.15, -0.1) is 16.4 Å². The van der Waals surface area contributed by atoms with Crippen LogP contribution < -0.4 is 0 Å². The topological polar surface area (TPSA) is 39.9 Å². The number of hydrogen-bond acceptors (Lipinski definition) is 4. The molecule has 0 saturated heterocycles. The normalized spacial score (nSPS) is 12.0. The zero-order valence-corrected chi connectivity index (χ0v) is 14.9. The van der Waals surface area contributed by atoms with Crippen LogP contribution >= 0.6 is 11.3 Å². The number of thiophene rings is 1. The minimum absolute atomic E-state index is 0.657. The van der Waals surface area contributed by atoms with Gasteiger partial charge in [0.05, 0.1) is 18.3 Å². The van der Waals surface area contributed by atoms with Crippen LogP contribution in [0.3, 0.4) is 0 Å². The van der Waals surface area contributed by atoms with Crippen molar-refractivity contribution < 1.29 is 4.74 Å². The Morgan fingerprint density at radius 1 is 1.24 bits per heavy atom. The van der Waals surface area contributed by atoms with Crippen molar-refractivity contribution in [1.29, 1.82) is 0 Å². The molecule has 0 aliphatic carbocycles. The highest BCUT2D eigenvalue weighted by Crippen LogP contribution is 2.33. The van der Waals surface area contributed by atoms with Crippen LogP contribution in [0.5, 0.6) is 0 Å². The molecular formula is C20H17N3OS. The van der Waals surface area contributed by atoms with E-state index >= 15 is 0 Å². The third-order valence-corrected chi connectivity index (χ3v) is 5.23. The molecule has 0 N–H and O–H groups in total. The summed E-state index contributed by atoms with van der Waals surface area (Å²) < 4.78 is 8.43. The first-order valence-corrected chi connectivity index (χ1v) is 8.83. The summed E-state index contributed by atoms with van der Waals surface area (Å²) in [7, 11) is 1.64. The van der Waals surface area contributed by atoms with Crippen molar-refractivity contribution in [2.45, 2.75) is 6.92 Å². The molecule has 0 aliphatic rings. The van der Waals surface area contributed by atoms with Crippen LogP contribution in [0.2, 0.25) is 0 Å². The lowest BCUT2D eigenvalue weighted by atomic mass is 10.0. The smallest absolute Gasteiger partial charge is 0.119 e. The van der Waals surface area contributed by atoms with Crippen molar-refractivity contribution >= 4 is 38.0 Å². The second-order valence-electron chi connectivity index (χ2n) is 5.65. The Hall–Kier alpha value is -2.92. The quantitative estimate of drug-likeness (QED) is 0.376. The van der Waals surface area contributed by atoms with Crippen molar-refractivity contribution in [3.8, 4) is 5.69 Å². The third kappa shape index (κ3) is 2.53. The van der Waals surface area contributed by atoms with Gasteiger partial charge in [0.2, 0.25) is 0 Å². The van der Waals surface area contributed by atoms with Crippen molar-refractivity contribution in [2.75, 3.05) is 7.11 Å². The van der Waals surface area contributed by atoms with E-state index in [1.165, 1.54) is 4.70 Å². The molecule has 0 spiro atoms. The zero-order valence-electron chi connectivity index (χ0n) is 14.1. The lowest BCUT2D eigenvalue weighted by molar-refractivity contribution is 0.313. The molecule has 0 unspecified atom stereocenters. The van der Waals surface area contributed by atoms with E-state index < -0.39 is 0 Å². The predicted molar refractivity (Wildman–Crippen MR) is 104 cm³/mol. The van der Waals surface area contributed by atoms with Gasteiger partial charge >= 0.3 is 0 Å². The Morgan fingerprint density at radius 2 is 2.08 bits per heavy atom. The van der Waals surface area contributed by atoms with Gasteiger partial charge in [0.15, 0.2) is 0 Å². The highest BCUT2D eigenvalue weighted by atomic mass is 32.1. The van der Waals surface area contributed by atoms with Crippen LogP contribution in [0.4, 0.5) is 0 Å². The SMILES string of the molecule is C=C(OC)/C(=C/C)c1ccc2scc(-n3nnc4ccccc43)c2c1. The second kappa shape index (κ2) is 6.18. The van der Waals surface area contributed by atoms with E-state index in [0.717, 1.165) is 33.2 Å². The molecule has 2 aromatic heterocycles. The lowest BCUT2D eigenvalue weighted by Crippen LogP contribution is -1.96. The molecule has 2 aromatic carbocycles. The van der Waals surface area contributed by atoms with Crippen LogP contribution in [0.15, 0.2) is 66.3 Å². The number of methoxy groups -OCH3 is 1. The fourth-order valence-electron chi connectivity index (χ4n) is 2.99. The van der Waals surface area contributed by atoms with Crippen molar-refractivity contribution in [3.63, 3.8) is 0 Å². The Morgan fingerprint density at radius 3 is 2.88 bits per heavy atom. The minimum Gasteiger partial charge on any atom is -0.497 e. The molecule has 0 fully saturated rings. The van der Waals surface area contributed by atoms with Crippen molar-refractivity contribution in [3.05, 3.63) is 71.8 Å². The van der Waals surface area contributed by atoms with Crippen molar-refractivity contribution in [2.24, 2.45) is 0 Å². The maximum absolute atomic E-state index is 5.32. The first kappa shape index (κ1) is 15.6. The summed E-state index contributed by atoms with van der Waals surface area (Å²) in [5.74, 6) is 0.657. The first-order chi connectivity index (χ1) is 12.2. The molecule has 4 rings (SSSR count). The second-order valence-corrected chi connectivity index (χ2v) is 6.56. The van der Waals surface area contributed by atoms with E-state index in [0.29, 0.717) is 5.76 Å². The van der Waals surface area contributed by atoms with Gasteiger partial charge in [-0.1, -0.05) is 36.1 Å². The predicted octanol–water partition coefficient (Wildman–Crippen LogP) is 5.20. The zero-order chi connectivity index (χ0) is 17.4. The van der Waals surface area contributed by atoms with E-state index in [1.54, 1.807) is 18.4 Å². The summed E-state index contributed by atoms with van der Waals surface area (Å²) in [5.41, 5.74) is 4.99. The Balaban J connectivity index is 1.91. The standard InChI is InChI=1S/C20H17N3OS/c1-4-15(13(2)24-3)14-9-10-20-16(11-14)19(12-25-20)23-18-8-6-5-7-17(18)21-22-23/h4-12H,2H2,1,3H3/b15-4-. The van der Waals surface area contributed by atoms with E-state index in [4.69, 9.17) is 4.74 Å². The summed E-state index contributed by atoms with van der Waals surface area (Å²) in [6.07, 6.45) is 2.02. The molecule has 0 atom stereocenters. The largest absolute Gasteiger partial charge is 0.497 e. The van der Waals surface area contributed by atoms with Crippen molar-refractivity contribution in [1.82, 2.24) is 15.0 Å². The molecular weight excluding hydrogens is 330 g/mol. The fourth-order valence-corrected chi connectivity index (χ4v) is 3.90. The Labute approximate surface area is 149 Å². The summed E-state index contributed by atoms with van der Waals surface area (Å²) in [6.45, 7) is 5.98. The molecule has 2 heterocycles. The van der Waals surface area contributed by atoms with Gasteiger partial charge in [0.1, 0.15) is 11.3 Å². The number of rotatable bonds is 4. The van der Waals surface area contributed by atoms with Crippen LogP contribution in [0, 0.1) is 0 Å². The van der Waals surface area contributed by atoms with Gasteiger partial charge in [-0.2, -0.15) is 0 Å². The highest BCUT2D eigenvalue weighted by molar-refractivity contribution is 7.17. The maximum Gasteiger partial charge on any atom is 0.119 e. The van der Waals surface area contributed by atoms with Gasteiger partial charge < -0.3 is 4.74 Å². The van der Waals surface area contributed by atoms with E-state index in [-0.39, 0.29) is 0 Å². The third-order valence-electron chi connectivity index (χ3n) is 4.28. The summed E-state index contributed by atoms with van der Waals surface area (Å²) in [4.78, 5) is 0. The lowest BCUT2D eigenvalue weighted by Gasteiger charge is -2.10. The average molecular weight is 347 g/mol. The van der Waals surface area contributed by atoms with Crippen LogP contribution in [0.1, 0.15) is 12.5 Å². The van der Waals surface area contributed by atoms with Crippen LogP contribution in [-0.4, -0.2) is 22.1 Å². The number of hydrogen-bond donors (Lipinski definition) is 0. The van der Waals surface area contributed by atoms with Crippen LogP contribution in [0.25, 0.3) is 32.4 Å². The highest BCUT2D eigenvalue weighted by Gasteiger charge is 2.13. The van der Waals surface area contributed by atoms with E-state index in [9.17, 15) is 0 Å². The number of nitrogens with zero attached hydrogens (tertiary/aromatic N) is 3. The Bertz CT molecular complexity index is 1120. The monoisotopic (exact) mass is 347 g/mol. The number of aromatic nitrogens is 3. The number of fused-ring (bicyclic) bond motifs is 2. The Kier molecular flexibility index (Phi) is 3.86. The molecule has 4 nitrogen and oxygen atoms in total. The molecule has 4 aromatic rings. The summed E-state index contributed by atoms with van der Waals surface area (Å²) in [6, 6.07) is 14.4. The molecule has 0 aliphatic heterocycles. The molecule has 0 bridgehead atoms. The number of allylic oxidation sites excluding steroid dienone is 2. The summed E-state index contributed by atoms with van der Waals surface area (Å²) in [5, 5.41) is 11.9. The van der Waals surface area contributed by atoms with Crippen LogP contribution in [-0.2, 0) is 4.74 Å². The van der Waals surface area contributed by atoms with E-state index in [1.807, 2.05) is 41.9 Å². The fraction of sp³-hybridized carbons (Fsp3) is 0.100. The van der Waals surface area contributed by atoms with Gasteiger partial charge in [0, 0.05) is 21.0 Å². The molecule has 0 amide bonds. The molecule has 124 valence electrons.